The summed E-state index contributed by atoms with van der Waals surface area (Å²) in [5, 5.41) is 1.58. The summed E-state index contributed by atoms with van der Waals surface area (Å²) in [4.78, 5) is 11.1. The van der Waals surface area contributed by atoms with E-state index in [1.807, 2.05) is 12.1 Å². The average molecular weight is 345 g/mol. The predicted octanol–water partition coefficient (Wildman–Crippen LogP) is 4.14. The normalized spacial score (nSPS) is 11.4. The summed E-state index contributed by atoms with van der Waals surface area (Å²) in [5.41, 5.74) is 0. The second kappa shape index (κ2) is 5.75. The van der Waals surface area contributed by atoms with Crippen molar-refractivity contribution >= 4 is 32.7 Å². The van der Waals surface area contributed by atoms with E-state index in [4.69, 9.17) is 0 Å². The molecule has 3 nitrogen and oxygen atoms in total. The molecular weight excluding hydrogens is 334 g/mol. The lowest BCUT2D eigenvalue weighted by Crippen LogP contribution is -2.37. The number of rotatable bonds is 4. The van der Waals surface area contributed by atoms with E-state index in [-0.39, 0.29) is 12.4 Å². The zero-order chi connectivity index (χ0) is 14.8. The molecular formula is C14H11BrF2O3. The minimum absolute atomic E-state index is 0.123. The molecule has 6 heteroatoms. The van der Waals surface area contributed by atoms with Gasteiger partial charge in [-0.1, -0.05) is 30.3 Å². The molecule has 0 unspecified atom stereocenters. The lowest BCUT2D eigenvalue weighted by atomic mass is 10.1. The molecule has 0 aliphatic carbocycles. The summed E-state index contributed by atoms with van der Waals surface area (Å²) in [6.07, 6.45) is -4.03. The van der Waals surface area contributed by atoms with Crippen LogP contribution in [0.5, 0.6) is 5.75 Å². The highest BCUT2D eigenvalue weighted by Crippen LogP contribution is 2.35. The first-order chi connectivity index (χ1) is 9.45. The molecule has 0 heterocycles. The van der Waals surface area contributed by atoms with Crippen molar-refractivity contribution in [3.63, 3.8) is 0 Å². The zero-order valence-electron chi connectivity index (χ0n) is 10.5. The summed E-state index contributed by atoms with van der Waals surface area (Å²) >= 11 is 3.21. The summed E-state index contributed by atoms with van der Waals surface area (Å²) < 4.78 is 36.2. The van der Waals surface area contributed by atoms with Gasteiger partial charge in [0, 0.05) is 0 Å². The van der Waals surface area contributed by atoms with Gasteiger partial charge < -0.3 is 9.47 Å². The van der Waals surface area contributed by atoms with Crippen LogP contribution < -0.4 is 4.74 Å². The van der Waals surface area contributed by atoms with Gasteiger partial charge in [0.1, 0.15) is 5.75 Å². The maximum atomic E-state index is 13.6. The van der Waals surface area contributed by atoms with Crippen molar-refractivity contribution in [3.05, 3.63) is 40.9 Å². The quantitative estimate of drug-likeness (QED) is 0.782. The minimum Gasteiger partial charge on any atom is -0.459 e. The van der Waals surface area contributed by atoms with Crippen LogP contribution in [0.3, 0.4) is 0 Å². The standard InChI is InChI=1S/C14H11BrF2O3/c1-2-19-13(18)14(16,17)20-11-8-7-9-5-3-4-6-10(9)12(11)15/h3-8H,2H2,1H3. The molecule has 0 aromatic heterocycles. The van der Waals surface area contributed by atoms with Gasteiger partial charge in [-0.2, -0.15) is 8.78 Å². The van der Waals surface area contributed by atoms with E-state index >= 15 is 0 Å². The Labute approximate surface area is 122 Å². The molecule has 0 N–H and O–H groups in total. The van der Waals surface area contributed by atoms with E-state index in [0.29, 0.717) is 9.86 Å². The van der Waals surface area contributed by atoms with Crippen LogP contribution in [0.25, 0.3) is 10.8 Å². The van der Waals surface area contributed by atoms with E-state index in [1.165, 1.54) is 13.0 Å². The van der Waals surface area contributed by atoms with Crippen molar-refractivity contribution in [1.82, 2.24) is 0 Å². The summed E-state index contributed by atoms with van der Waals surface area (Å²) in [6, 6.07) is 10.2. The van der Waals surface area contributed by atoms with Crippen molar-refractivity contribution in [1.29, 1.82) is 0 Å². The Morgan fingerprint density at radius 3 is 2.65 bits per heavy atom. The molecule has 0 saturated heterocycles. The molecule has 0 atom stereocenters. The van der Waals surface area contributed by atoms with Gasteiger partial charge in [-0.3, -0.25) is 0 Å². The third-order valence-corrected chi connectivity index (χ3v) is 3.40. The fourth-order valence-electron chi connectivity index (χ4n) is 1.69. The van der Waals surface area contributed by atoms with Gasteiger partial charge in [0.2, 0.25) is 0 Å². The van der Waals surface area contributed by atoms with Gasteiger partial charge in [0.25, 0.3) is 0 Å². The van der Waals surface area contributed by atoms with Crippen LogP contribution in [0.2, 0.25) is 0 Å². The molecule has 0 spiro atoms. The van der Waals surface area contributed by atoms with E-state index < -0.39 is 12.1 Å². The van der Waals surface area contributed by atoms with Gasteiger partial charge in [-0.05, 0) is 39.7 Å². The largest absolute Gasteiger partial charge is 0.502 e. The topological polar surface area (TPSA) is 35.5 Å². The second-order valence-electron chi connectivity index (χ2n) is 3.94. The van der Waals surface area contributed by atoms with E-state index in [9.17, 15) is 13.6 Å². The minimum atomic E-state index is -4.03. The number of hydrogen-bond donors (Lipinski definition) is 0. The summed E-state index contributed by atoms with van der Waals surface area (Å²) in [5.74, 6) is -1.83. The van der Waals surface area contributed by atoms with Gasteiger partial charge in [-0.15, -0.1) is 0 Å². The van der Waals surface area contributed by atoms with Gasteiger partial charge in [0.05, 0.1) is 11.1 Å². The van der Waals surface area contributed by atoms with Crippen LogP contribution in [-0.4, -0.2) is 18.7 Å². The Morgan fingerprint density at radius 2 is 1.95 bits per heavy atom. The van der Waals surface area contributed by atoms with Crippen molar-refractivity contribution < 1.29 is 23.0 Å². The second-order valence-corrected chi connectivity index (χ2v) is 4.73. The van der Waals surface area contributed by atoms with Crippen LogP contribution in [0.4, 0.5) is 8.78 Å². The Kier molecular flexibility index (Phi) is 4.23. The van der Waals surface area contributed by atoms with E-state index in [2.05, 4.69) is 25.4 Å². The SMILES string of the molecule is CCOC(=O)C(F)(F)Oc1ccc2ccccc2c1Br. The van der Waals surface area contributed by atoms with Crippen LogP contribution in [0.15, 0.2) is 40.9 Å². The first-order valence-electron chi connectivity index (χ1n) is 5.87. The Hall–Kier alpha value is -1.69. The molecule has 2 aromatic carbocycles. The molecule has 0 aliphatic rings. The van der Waals surface area contributed by atoms with E-state index in [0.717, 1.165) is 5.39 Å². The zero-order valence-corrected chi connectivity index (χ0v) is 12.1. The lowest BCUT2D eigenvalue weighted by molar-refractivity contribution is -0.216. The monoisotopic (exact) mass is 344 g/mol. The number of hydrogen-bond acceptors (Lipinski definition) is 3. The predicted molar refractivity (Wildman–Crippen MR) is 73.9 cm³/mol. The smallest absolute Gasteiger partial charge is 0.459 e. The number of carbonyl (C=O) groups excluding carboxylic acids is 1. The fourth-order valence-corrected chi connectivity index (χ4v) is 2.26. The van der Waals surface area contributed by atoms with Crippen LogP contribution in [0, 0.1) is 0 Å². The Balaban J connectivity index is 2.34. The fraction of sp³-hybridized carbons (Fsp3) is 0.214. The highest BCUT2D eigenvalue weighted by molar-refractivity contribution is 9.10. The van der Waals surface area contributed by atoms with Crippen molar-refractivity contribution in [3.8, 4) is 5.75 Å². The third-order valence-electron chi connectivity index (χ3n) is 2.58. The number of ether oxygens (including phenoxy) is 2. The molecule has 0 radical (unpaired) electrons. The number of carbonyl (C=O) groups is 1. The molecule has 106 valence electrons. The molecule has 0 bridgehead atoms. The van der Waals surface area contributed by atoms with Crippen LogP contribution in [-0.2, 0) is 9.53 Å². The number of benzene rings is 2. The summed E-state index contributed by atoms with van der Waals surface area (Å²) in [6.45, 7) is 1.30. The molecule has 0 saturated carbocycles. The van der Waals surface area contributed by atoms with Gasteiger partial charge in [0.15, 0.2) is 0 Å². The van der Waals surface area contributed by atoms with Crippen LogP contribution >= 0.6 is 15.9 Å². The number of fused-ring (bicyclic) bond motifs is 1. The van der Waals surface area contributed by atoms with Gasteiger partial charge >= 0.3 is 12.1 Å². The first-order valence-corrected chi connectivity index (χ1v) is 6.66. The van der Waals surface area contributed by atoms with E-state index in [1.54, 1.807) is 18.2 Å². The molecule has 2 rings (SSSR count). The highest BCUT2D eigenvalue weighted by atomic mass is 79.9. The average Bonchev–Trinajstić information content (AvgIpc) is 2.42. The third kappa shape index (κ3) is 2.90. The van der Waals surface area contributed by atoms with Crippen LogP contribution in [0.1, 0.15) is 6.92 Å². The van der Waals surface area contributed by atoms with Crippen molar-refractivity contribution in [2.24, 2.45) is 0 Å². The molecule has 0 amide bonds. The molecule has 2 aromatic rings. The molecule has 20 heavy (non-hydrogen) atoms. The summed E-state index contributed by atoms with van der Waals surface area (Å²) in [7, 11) is 0. The van der Waals surface area contributed by atoms with Crippen molar-refractivity contribution in [2.75, 3.05) is 6.61 Å². The molecule has 0 aliphatic heterocycles. The van der Waals surface area contributed by atoms with Gasteiger partial charge in [-0.25, -0.2) is 4.79 Å². The maximum absolute atomic E-state index is 13.6. The van der Waals surface area contributed by atoms with Crippen molar-refractivity contribution in [2.45, 2.75) is 13.0 Å². The number of esters is 1. The Morgan fingerprint density at radius 1 is 1.25 bits per heavy atom. The number of alkyl halides is 2. The lowest BCUT2D eigenvalue weighted by Gasteiger charge is -2.17. The molecule has 0 fully saturated rings. The highest BCUT2D eigenvalue weighted by Gasteiger charge is 2.44. The Bertz CT molecular complexity index is 643. The maximum Gasteiger partial charge on any atom is 0.502 e. The first kappa shape index (κ1) is 14.7. The number of halogens is 3.